The minimum atomic E-state index is -3.43. The molecule has 6 nitrogen and oxygen atoms in total. The molecule has 0 saturated carbocycles. The first-order valence-electron chi connectivity index (χ1n) is 11.3. The SMILES string of the molecule is [C-]#[N+]c1ccc(N2N=C3c4ccc(C(=O)CS(C)(=O)=O)cc4CC[C@@H]3[C@@H]2c2ccc(F)cc2)cc1Cl. The molecule has 1 aliphatic carbocycles. The highest BCUT2D eigenvalue weighted by molar-refractivity contribution is 7.91. The molecule has 182 valence electrons. The number of carbonyl (C=O) groups is 1. The molecule has 0 saturated heterocycles. The standard InChI is InChI=1S/C27H21ClFN3O3S/c1-30-24-12-9-20(14-23(24)28)32-27(16-3-7-19(29)8-4-16)22-11-5-17-13-18(25(33)15-36(2,34)35)6-10-21(17)26(22)31-32/h3-4,6-10,12-14,22,27H,5,11,15H2,2H3/t22-,27-/m0/s1. The van der Waals surface area contributed by atoms with Crippen LogP contribution in [0.1, 0.15) is 39.5 Å². The maximum atomic E-state index is 13.7. The third-order valence-corrected chi connectivity index (χ3v) is 7.65. The van der Waals surface area contributed by atoms with E-state index in [1.165, 1.54) is 12.1 Å². The van der Waals surface area contributed by atoms with Gasteiger partial charge in [-0.2, -0.15) is 5.10 Å². The van der Waals surface area contributed by atoms with Gasteiger partial charge in [-0.05, 0) is 54.3 Å². The van der Waals surface area contributed by atoms with Gasteiger partial charge in [0.25, 0.3) is 0 Å². The second-order valence-electron chi connectivity index (χ2n) is 9.08. The fourth-order valence-corrected chi connectivity index (χ4v) is 5.82. The summed E-state index contributed by atoms with van der Waals surface area (Å²) in [5.74, 6) is -1.29. The lowest BCUT2D eigenvalue weighted by Gasteiger charge is -2.31. The maximum absolute atomic E-state index is 13.7. The third kappa shape index (κ3) is 4.52. The van der Waals surface area contributed by atoms with Crippen LogP contribution in [0.25, 0.3) is 4.85 Å². The molecule has 0 bridgehead atoms. The van der Waals surface area contributed by atoms with E-state index >= 15 is 0 Å². The number of hydrogen-bond donors (Lipinski definition) is 0. The number of anilines is 1. The van der Waals surface area contributed by atoms with E-state index in [1.807, 2.05) is 11.1 Å². The molecule has 0 spiro atoms. The first-order valence-corrected chi connectivity index (χ1v) is 13.7. The van der Waals surface area contributed by atoms with Crippen molar-refractivity contribution in [1.82, 2.24) is 0 Å². The number of halogens is 2. The normalized spacial score (nSPS) is 18.7. The minimum Gasteiger partial charge on any atom is -0.293 e. The Morgan fingerprint density at radius 2 is 1.92 bits per heavy atom. The van der Waals surface area contributed by atoms with Crippen molar-refractivity contribution < 1.29 is 17.6 Å². The number of hydrazone groups is 1. The summed E-state index contributed by atoms with van der Waals surface area (Å²) in [6.07, 6.45) is 2.46. The molecule has 0 fully saturated rings. The number of benzene rings is 3. The predicted octanol–water partition coefficient (Wildman–Crippen LogP) is 5.79. The lowest BCUT2D eigenvalue weighted by Crippen LogP contribution is -2.29. The van der Waals surface area contributed by atoms with E-state index in [4.69, 9.17) is 23.3 Å². The summed E-state index contributed by atoms with van der Waals surface area (Å²) in [6.45, 7) is 7.27. The predicted molar refractivity (Wildman–Crippen MR) is 138 cm³/mol. The molecule has 1 aliphatic heterocycles. The van der Waals surface area contributed by atoms with Crippen molar-refractivity contribution in [2.75, 3.05) is 17.0 Å². The van der Waals surface area contributed by atoms with Crippen molar-refractivity contribution in [3.63, 3.8) is 0 Å². The molecule has 0 unspecified atom stereocenters. The van der Waals surface area contributed by atoms with E-state index in [1.54, 1.807) is 42.5 Å². The fourth-order valence-electron chi connectivity index (χ4n) is 4.96. The van der Waals surface area contributed by atoms with Gasteiger partial charge in [-0.1, -0.05) is 41.9 Å². The molecule has 0 aromatic heterocycles. The lowest BCUT2D eigenvalue weighted by molar-refractivity contribution is 0.102. The van der Waals surface area contributed by atoms with Crippen LogP contribution in [0.5, 0.6) is 0 Å². The van der Waals surface area contributed by atoms with Crippen LogP contribution < -0.4 is 5.01 Å². The van der Waals surface area contributed by atoms with E-state index in [0.29, 0.717) is 28.4 Å². The Bertz CT molecular complexity index is 1560. The molecular formula is C27H21ClFN3O3S. The summed E-state index contributed by atoms with van der Waals surface area (Å²) in [7, 11) is -3.43. The number of rotatable bonds is 5. The summed E-state index contributed by atoms with van der Waals surface area (Å²) in [5, 5.41) is 7.16. The number of hydrogen-bond acceptors (Lipinski definition) is 5. The van der Waals surface area contributed by atoms with Crippen molar-refractivity contribution >= 4 is 44.3 Å². The zero-order valence-corrected chi connectivity index (χ0v) is 20.9. The van der Waals surface area contributed by atoms with Crippen LogP contribution in [0.4, 0.5) is 15.8 Å². The Morgan fingerprint density at radius 3 is 2.58 bits per heavy atom. The molecule has 0 radical (unpaired) electrons. The highest BCUT2D eigenvalue weighted by Gasteiger charge is 2.42. The molecule has 2 atom stereocenters. The van der Waals surface area contributed by atoms with Crippen molar-refractivity contribution in [2.24, 2.45) is 11.0 Å². The average Bonchev–Trinajstić information content (AvgIpc) is 3.23. The number of aryl methyl sites for hydroxylation is 1. The highest BCUT2D eigenvalue weighted by Crippen LogP contribution is 2.46. The quantitative estimate of drug-likeness (QED) is 0.315. The molecule has 0 amide bonds. The first kappa shape index (κ1) is 24.2. The number of sulfone groups is 1. The van der Waals surface area contributed by atoms with Gasteiger partial charge in [0, 0.05) is 28.3 Å². The largest absolute Gasteiger partial charge is 0.293 e. The second-order valence-corrected chi connectivity index (χ2v) is 11.6. The monoisotopic (exact) mass is 521 g/mol. The van der Waals surface area contributed by atoms with Gasteiger partial charge < -0.3 is 0 Å². The van der Waals surface area contributed by atoms with Crippen LogP contribution in [0.15, 0.2) is 65.8 Å². The van der Waals surface area contributed by atoms with Crippen molar-refractivity contribution in [3.05, 3.63) is 105 Å². The van der Waals surface area contributed by atoms with Gasteiger partial charge >= 0.3 is 0 Å². The average molecular weight is 522 g/mol. The Kier molecular flexibility index (Phi) is 6.15. The van der Waals surface area contributed by atoms with Gasteiger partial charge in [-0.25, -0.2) is 17.7 Å². The van der Waals surface area contributed by atoms with E-state index in [0.717, 1.165) is 35.1 Å². The van der Waals surface area contributed by atoms with Gasteiger partial charge in [0.05, 0.1) is 24.0 Å². The van der Waals surface area contributed by atoms with Crippen LogP contribution in [0.3, 0.4) is 0 Å². The molecule has 9 heteroatoms. The van der Waals surface area contributed by atoms with E-state index in [-0.39, 0.29) is 17.8 Å². The summed E-state index contributed by atoms with van der Waals surface area (Å²) in [5.41, 5.74) is 5.01. The minimum absolute atomic E-state index is 0.000142. The third-order valence-electron chi connectivity index (χ3n) is 6.56. The molecule has 36 heavy (non-hydrogen) atoms. The van der Waals surface area contributed by atoms with Gasteiger partial charge in [-0.15, -0.1) is 0 Å². The van der Waals surface area contributed by atoms with Crippen LogP contribution in [0, 0.1) is 18.3 Å². The Balaban J connectivity index is 1.58. The van der Waals surface area contributed by atoms with E-state index < -0.39 is 21.4 Å². The van der Waals surface area contributed by atoms with E-state index in [9.17, 15) is 17.6 Å². The number of nitrogens with zero attached hydrogens (tertiary/aromatic N) is 3. The maximum Gasteiger partial charge on any atom is 0.205 e. The number of carbonyl (C=O) groups excluding carboxylic acids is 1. The zero-order valence-electron chi connectivity index (χ0n) is 19.3. The fraction of sp³-hybridized carbons (Fsp3) is 0.222. The molecule has 1 heterocycles. The van der Waals surface area contributed by atoms with Crippen LogP contribution in [-0.2, 0) is 16.3 Å². The van der Waals surface area contributed by atoms with Crippen LogP contribution in [0.2, 0.25) is 5.02 Å². The number of fused-ring (bicyclic) bond motifs is 3. The Morgan fingerprint density at radius 1 is 1.17 bits per heavy atom. The first-order chi connectivity index (χ1) is 17.1. The van der Waals surface area contributed by atoms with Gasteiger partial charge in [0.2, 0.25) is 5.69 Å². The number of Topliss-reactive ketones (excluding diaryl/α,β-unsaturated/α-hetero) is 1. The number of ketones is 1. The molecule has 3 aromatic carbocycles. The zero-order chi connectivity index (χ0) is 25.6. The molecule has 5 rings (SSSR count). The van der Waals surface area contributed by atoms with Gasteiger partial charge in [-0.3, -0.25) is 9.80 Å². The van der Waals surface area contributed by atoms with Crippen molar-refractivity contribution in [2.45, 2.75) is 18.9 Å². The second kappa shape index (κ2) is 9.16. The van der Waals surface area contributed by atoms with Crippen molar-refractivity contribution in [3.8, 4) is 0 Å². The topological polar surface area (TPSA) is 71.2 Å². The molecule has 0 N–H and O–H groups in total. The highest BCUT2D eigenvalue weighted by atomic mass is 35.5. The smallest absolute Gasteiger partial charge is 0.205 e. The van der Waals surface area contributed by atoms with Crippen molar-refractivity contribution in [1.29, 1.82) is 0 Å². The Hall–Kier alpha value is -3.54. The Labute approximate surface area is 213 Å². The van der Waals surface area contributed by atoms with Gasteiger partial charge in [0.1, 0.15) is 11.6 Å². The molecular weight excluding hydrogens is 501 g/mol. The summed E-state index contributed by atoms with van der Waals surface area (Å²) in [6, 6.07) is 16.5. The van der Waals surface area contributed by atoms with Gasteiger partial charge in [0.15, 0.2) is 15.6 Å². The molecule has 2 aliphatic rings. The summed E-state index contributed by atoms with van der Waals surface area (Å²) >= 11 is 6.34. The van der Waals surface area contributed by atoms with Crippen LogP contribution in [-0.4, -0.2) is 31.9 Å². The van der Waals surface area contributed by atoms with Crippen LogP contribution >= 0.6 is 11.6 Å². The van der Waals surface area contributed by atoms with E-state index in [2.05, 4.69) is 4.85 Å². The lowest BCUT2D eigenvalue weighted by atomic mass is 9.76. The summed E-state index contributed by atoms with van der Waals surface area (Å²) in [4.78, 5) is 15.9. The molecule has 3 aromatic rings. The summed E-state index contributed by atoms with van der Waals surface area (Å²) < 4.78 is 36.9.